The number of hydrogen-bond acceptors (Lipinski definition) is 5. The van der Waals surface area contributed by atoms with Gasteiger partial charge >= 0.3 is 0 Å². The van der Waals surface area contributed by atoms with Crippen molar-refractivity contribution in [1.82, 2.24) is 25.1 Å². The average molecular weight is 384 g/mol. The molecular weight excluding hydrogens is 364 g/mol. The lowest BCUT2D eigenvalue weighted by Gasteiger charge is -2.13. The number of nitrogens with zero attached hydrogens (tertiary/aromatic N) is 4. The largest absolute Gasteiger partial charge is 0.349 e. The summed E-state index contributed by atoms with van der Waals surface area (Å²) in [6, 6.07) is 15.8. The highest BCUT2D eigenvalue weighted by atomic mass is 16.1. The van der Waals surface area contributed by atoms with E-state index >= 15 is 0 Å². The average Bonchev–Trinajstić information content (AvgIpc) is 3.45. The molecule has 1 aliphatic carbocycles. The van der Waals surface area contributed by atoms with Crippen molar-refractivity contribution in [2.24, 2.45) is 0 Å². The van der Waals surface area contributed by atoms with Crippen LogP contribution in [0.3, 0.4) is 0 Å². The molecule has 1 fully saturated rings. The molecule has 0 saturated heterocycles. The molecule has 1 aliphatic rings. The van der Waals surface area contributed by atoms with Crippen molar-refractivity contribution in [3.8, 4) is 5.69 Å². The molecule has 2 N–H and O–H groups in total. The molecule has 7 nitrogen and oxygen atoms in total. The number of para-hydroxylation sites is 1. The molecule has 5 rings (SSSR count). The molecule has 2 aromatic heterocycles. The third-order valence-electron chi connectivity index (χ3n) is 5.11. The standard InChI is InChI=1S/C22H20N6O/c1-14-17(22(29)26-15-10-11-15)8-5-9-19(14)27-20-18-12-25-28(21(18)24-13-23-20)16-6-3-2-4-7-16/h2-9,12-13,15H,10-11H2,1H3,(H,26,29)(H,23,24,27). The summed E-state index contributed by atoms with van der Waals surface area (Å²) in [7, 11) is 0. The number of amides is 1. The summed E-state index contributed by atoms with van der Waals surface area (Å²) < 4.78 is 1.79. The van der Waals surface area contributed by atoms with Gasteiger partial charge in [0.2, 0.25) is 0 Å². The maximum Gasteiger partial charge on any atom is 0.251 e. The molecule has 0 radical (unpaired) electrons. The van der Waals surface area contributed by atoms with Crippen molar-refractivity contribution >= 4 is 28.4 Å². The van der Waals surface area contributed by atoms with Crippen molar-refractivity contribution in [3.63, 3.8) is 0 Å². The summed E-state index contributed by atoms with van der Waals surface area (Å²) in [6.45, 7) is 1.94. The van der Waals surface area contributed by atoms with Crippen LogP contribution < -0.4 is 10.6 Å². The van der Waals surface area contributed by atoms with Gasteiger partial charge in [0.1, 0.15) is 12.1 Å². The Hall–Kier alpha value is -3.74. The number of fused-ring (bicyclic) bond motifs is 1. The molecule has 0 atom stereocenters. The molecule has 144 valence electrons. The van der Waals surface area contributed by atoms with Gasteiger partial charge in [-0.25, -0.2) is 14.6 Å². The van der Waals surface area contributed by atoms with Gasteiger partial charge in [-0.2, -0.15) is 5.10 Å². The maximum atomic E-state index is 12.5. The first kappa shape index (κ1) is 17.4. The second-order valence-electron chi connectivity index (χ2n) is 7.20. The van der Waals surface area contributed by atoms with E-state index in [1.54, 1.807) is 10.9 Å². The number of nitrogens with one attached hydrogen (secondary N) is 2. The first-order valence-corrected chi connectivity index (χ1v) is 9.62. The van der Waals surface area contributed by atoms with Crippen LogP contribution in [-0.4, -0.2) is 31.7 Å². The van der Waals surface area contributed by atoms with Crippen molar-refractivity contribution in [2.75, 3.05) is 5.32 Å². The molecule has 1 amide bonds. The Morgan fingerprint density at radius 2 is 1.90 bits per heavy atom. The van der Waals surface area contributed by atoms with E-state index in [0.29, 0.717) is 23.1 Å². The fraction of sp³-hybridized carbons (Fsp3) is 0.182. The van der Waals surface area contributed by atoms with Crippen molar-refractivity contribution in [1.29, 1.82) is 0 Å². The van der Waals surface area contributed by atoms with Crippen LogP contribution in [-0.2, 0) is 0 Å². The van der Waals surface area contributed by atoms with Gasteiger partial charge in [0.15, 0.2) is 5.65 Å². The topological polar surface area (TPSA) is 84.7 Å². The van der Waals surface area contributed by atoms with Gasteiger partial charge in [-0.3, -0.25) is 4.79 Å². The number of carbonyl (C=O) groups is 1. The van der Waals surface area contributed by atoms with E-state index in [2.05, 4.69) is 25.7 Å². The third-order valence-corrected chi connectivity index (χ3v) is 5.11. The van der Waals surface area contributed by atoms with E-state index in [1.807, 2.05) is 55.5 Å². The van der Waals surface area contributed by atoms with Crippen LogP contribution in [0.25, 0.3) is 16.7 Å². The highest BCUT2D eigenvalue weighted by molar-refractivity contribution is 5.98. The summed E-state index contributed by atoms with van der Waals surface area (Å²) in [5, 5.41) is 11.7. The lowest BCUT2D eigenvalue weighted by molar-refractivity contribution is 0.0950. The Bertz CT molecular complexity index is 1200. The molecule has 2 heterocycles. The van der Waals surface area contributed by atoms with Crippen LogP contribution in [0, 0.1) is 6.92 Å². The van der Waals surface area contributed by atoms with Gasteiger partial charge in [-0.05, 0) is 49.6 Å². The SMILES string of the molecule is Cc1c(Nc2ncnc3c2cnn3-c2ccccc2)cccc1C(=O)NC1CC1. The van der Waals surface area contributed by atoms with Crippen LogP contribution >= 0.6 is 0 Å². The molecular formula is C22H20N6O. The minimum atomic E-state index is -0.0293. The van der Waals surface area contributed by atoms with E-state index in [9.17, 15) is 4.79 Å². The molecule has 7 heteroatoms. The molecule has 4 aromatic rings. The van der Waals surface area contributed by atoms with Gasteiger partial charge in [0.05, 0.1) is 17.3 Å². The zero-order chi connectivity index (χ0) is 19.8. The molecule has 0 spiro atoms. The van der Waals surface area contributed by atoms with Crippen molar-refractivity contribution < 1.29 is 4.79 Å². The van der Waals surface area contributed by atoms with Crippen LogP contribution in [0.1, 0.15) is 28.8 Å². The number of anilines is 2. The Morgan fingerprint density at radius 3 is 2.69 bits per heavy atom. The van der Waals surface area contributed by atoms with Crippen LogP contribution in [0.2, 0.25) is 0 Å². The molecule has 0 aliphatic heterocycles. The minimum absolute atomic E-state index is 0.0293. The number of aromatic nitrogens is 4. The summed E-state index contributed by atoms with van der Waals surface area (Å²) in [5.41, 5.74) is 4.04. The molecule has 0 bridgehead atoms. The van der Waals surface area contributed by atoms with Crippen LogP contribution in [0.15, 0.2) is 61.1 Å². The summed E-state index contributed by atoms with van der Waals surface area (Å²) in [6.07, 6.45) is 5.40. The smallest absolute Gasteiger partial charge is 0.251 e. The quantitative estimate of drug-likeness (QED) is 0.547. The van der Waals surface area contributed by atoms with Gasteiger partial charge in [0.25, 0.3) is 5.91 Å². The normalized spacial score (nSPS) is 13.4. The highest BCUT2D eigenvalue weighted by Gasteiger charge is 2.24. The van der Waals surface area contributed by atoms with Gasteiger partial charge in [-0.1, -0.05) is 24.3 Å². The van der Waals surface area contributed by atoms with Crippen LogP contribution in [0.4, 0.5) is 11.5 Å². The lowest BCUT2D eigenvalue weighted by atomic mass is 10.1. The zero-order valence-corrected chi connectivity index (χ0v) is 16.0. The van der Waals surface area contributed by atoms with Crippen molar-refractivity contribution in [3.05, 3.63) is 72.2 Å². The summed E-state index contributed by atoms with van der Waals surface area (Å²) in [4.78, 5) is 21.3. The summed E-state index contributed by atoms with van der Waals surface area (Å²) in [5.74, 6) is 0.624. The second kappa shape index (κ2) is 7.01. The van der Waals surface area contributed by atoms with Gasteiger partial charge < -0.3 is 10.6 Å². The van der Waals surface area contributed by atoms with Crippen molar-refractivity contribution in [2.45, 2.75) is 25.8 Å². The van der Waals surface area contributed by atoms with Gasteiger partial charge in [0, 0.05) is 17.3 Å². The van der Waals surface area contributed by atoms with E-state index in [4.69, 9.17) is 0 Å². The molecule has 1 saturated carbocycles. The fourth-order valence-corrected chi connectivity index (χ4v) is 3.34. The van der Waals surface area contributed by atoms with E-state index in [0.717, 1.165) is 35.2 Å². The first-order chi connectivity index (χ1) is 14.2. The predicted molar refractivity (Wildman–Crippen MR) is 112 cm³/mol. The zero-order valence-electron chi connectivity index (χ0n) is 16.0. The van der Waals surface area contributed by atoms with Crippen LogP contribution in [0.5, 0.6) is 0 Å². The lowest BCUT2D eigenvalue weighted by Crippen LogP contribution is -2.26. The number of carbonyl (C=O) groups excluding carboxylic acids is 1. The second-order valence-corrected chi connectivity index (χ2v) is 7.20. The summed E-state index contributed by atoms with van der Waals surface area (Å²) >= 11 is 0. The monoisotopic (exact) mass is 384 g/mol. The fourth-order valence-electron chi connectivity index (χ4n) is 3.34. The van der Waals surface area contributed by atoms with E-state index in [-0.39, 0.29) is 5.91 Å². The van der Waals surface area contributed by atoms with Gasteiger partial charge in [-0.15, -0.1) is 0 Å². The number of rotatable bonds is 5. The number of benzene rings is 2. The Balaban J connectivity index is 1.49. The van der Waals surface area contributed by atoms with E-state index in [1.165, 1.54) is 6.33 Å². The number of hydrogen-bond donors (Lipinski definition) is 2. The molecule has 0 unspecified atom stereocenters. The third kappa shape index (κ3) is 3.31. The van der Waals surface area contributed by atoms with E-state index < -0.39 is 0 Å². The first-order valence-electron chi connectivity index (χ1n) is 9.62. The maximum absolute atomic E-state index is 12.5. The molecule has 2 aromatic carbocycles. The highest BCUT2D eigenvalue weighted by Crippen LogP contribution is 2.28. The molecule has 29 heavy (non-hydrogen) atoms. The predicted octanol–water partition coefficient (Wildman–Crippen LogP) is 3.76. The Labute approximate surface area is 167 Å². The Kier molecular flexibility index (Phi) is 4.20. The minimum Gasteiger partial charge on any atom is -0.349 e. The Morgan fingerprint density at radius 1 is 1.07 bits per heavy atom.